The number of amides is 2. The Bertz CT molecular complexity index is 745. The smallest absolute Gasteiger partial charge is 0.321 e. The number of carbonyl (C=O) groups excluding carboxylic acids is 1. The molecule has 7 heteroatoms. The topological polar surface area (TPSA) is 53.4 Å². The Morgan fingerprint density at radius 1 is 1.38 bits per heavy atom. The van der Waals surface area contributed by atoms with Crippen LogP contribution in [0.4, 0.5) is 14.9 Å². The Kier molecular flexibility index (Phi) is 5.88. The minimum atomic E-state index is -0.423. The van der Waals surface area contributed by atoms with Crippen molar-refractivity contribution in [1.29, 1.82) is 0 Å². The first-order valence-electron chi connectivity index (χ1n) is 9.01. The lowest BCUT2D eigenvalue weighted by molar-refractivity contribution is 0.190. The summed E-state index contributed by atoms with van der Waals surface area (Å²) < 4.78 is 15.9. The van der Waals surface area contributed by atoms with Gasteiger partial charge < -0.3 is 19.7 Å². The van der Waals surface area contributed by atoms with E-state index in [1.165, 1.54) is 6.07 Å². The number of anilines is 1. The van der Waals surface area contributed by atoms with Crippen LogP contribution < -0.4 is 5.32 Å². The second-order valence-electron chi connectivity index (χ2n) is 6.98. The first-order valence-corrected chi connectivity index (χ1v) is 9.01. The Morgan fingerprint density at radius 2 is 2.19 bits per heavy atom. The molecule has 2 aromatic rings. The van der Waals surface area contributed by atoms with E-state index in [-0.39, 0.29) is 17.6 Å². The third-order valence-electron chi connectivity index (χ3n) is 4.73. The van der Waals surface area contributed by atoms with Gasteiger partial charge in [-0.15, -0.1) is 0 Å². The van der Waals surface area contributed by atoms with Crippen molar-refractivity contribution in [2.75, 3.05) is 39.0 Å². The van der Waals surface area contributed by atoms with E-state index in [2.05, 4.69) is 19.8 Å². The molecule has 1 aromatic heterocycles. The molecule has 6 nitrogen and oxygen atoms in total. The highest BCUT2D eigenvalue weighted by Crippen LogP contribution is 2.26. The Balaban J connectivity index is 1.65. The van der Waals surface area contributed by atoms with E-state index in [0.29, 0.717) is 13.1 Å². The third-order valence-corrected chi connectivity index (χ3v) is 4.73. The molecule has 0 spiro atoms. The number of halogens is 1. The second kappa shape index (κ2) is 8.31. The summed E-state index contributed by atoms with van der Waals surface area (Å²) in [6.45, 7) is 3.09. The number of piperidine rings is 1. The lowest BCUT2D eigenvalue weighted by Crippen LogP contribution is -2.42. The number of benzene rings is 1. The van der Waals surface area contributed by atoms with Gasteiger partial charge in [-0.1, -0.05) is 12.1 Å². The molecule has 1 fully saturated rings. The van der Waals surface area contributed by atoms with Gasteiger partial charge in [-0.3, -0.25) is 0 Å². The van der Waals surface area contributed by atoms with Gasteiger partial charge in [0.1, 0.15) is 11.6 Å². The number of carbonyl (C=O) groups is 1. The summed E-state index contributed by atoms with van der Waals surface area (Å²) in [4.78, 5) is 21.0. The molecule has 2 heterocycles. The molecule has 26 heavy (non-hydrogen) atoms. The molecule has 1 atom stereocenters. The van der Waals surface area contributed by atoms with Gasteiger partial charge in [-0.2, -0.15) is 0 Å². The van der Waals surface area contributed by atoms with E-state index in [4.69, 9.17) is 0 Å². The van der Waals surface area contributed by atoms with Crippen molar-refractivity contribution in [2.24, 2.45) is 0 Å². The fourth-order valence-electron chi connectivity index (χ4n) is 3.31. The summed E-state index contributed by atoms with van der Waals surface area (Å²) in [5.74, 6) is 0.802. The van der Waals surface area contributed by atoms with Crippen LogP contribution in [0.25, 0.3) is 0 Å². The number of likely N-dealkylation sites (tertiary alicyclic amines) is 1. The molecule has 1 unspecified atom stereocenters. The zero-order valence-corrected chi connectivity index (χ0v) is 15.4. The van der Waals surface area contributed by atoms with Gasteiger partial charge in [0.15, 0.2) is 0 Å². The predicted molar refractivity (Wildman–Crippen MR) is 99.7 cm³/mol. The maximum absolute atomic E-state index is 13.8. The van der Waals surface area contributed by atoms with Crippen molar-refractivity contribution in [3.05, 3.63) is 48.3 Å². The van der Waals surface area contributed by atoms with E-state index in [0.717, 1.165) is 31.8 Å². The minimum Gasteiger partial charge on any atom is -0.333 e. The number of imidazole rings is 1. The van der Waals surface area contributed by atoms with Gasteiger partial charge in [0.05, 0.1) is 5.69 Å². The fraction of sp³-hybridized carbons (Fsp3) is 0.474. The number of urea groups is 1. The molecular formula is C19H26FN5O. The number of hydrogen-bond acceptors (Lipinski definition) is 3. The van der Waals surface area contributed by atoms with Gasteiger partial charge in [-0.05, 0) is 39.1 Å². The molecule has 1 saturated heterocycles. The van der Waals surface area contributed by atoms with E-state index in [9.17, 15) is 9.18 Å². The minimum absolute atomic E-state index is 0.201. The highest BCUT2D eigenvalue weighted by atomic mass is 19.1. The third kappa shape index (κ3) is 4.40. The Hall–Kier alpha value is -2.41. The Morgan fingerprint density at radius 3 is 2.96 bits per heavy atom. The number of hydrogen-bond donors (Lipinski definition) is 1. The van der Waals surface area contributed by atoms with E-state index < -0.39 is 5.82 Å². The highest BCUT2D eigenvalue weighted by molar-refractivity contribution is 5.89. The summed E-state index contributed by atoms with van der Waals surface area (Å²) in [5.41, 5.74) is 0.215. The van der Waals surface area contributed by atoms with Gasteiger partial charge in [0.25, 0.3) is 0 Å². The maximum atomic E-state index is 13.8. The molecule has 0 radical (unpaired) electrons. The number of nitrogens with one attached hydrogen (secondary N) is 1. The first kappa shape index (κ1) is 18.4. The van der Waals surface area contributed by atoms with Crippen LogP contribution in [0.1, 0.15) is 24.6 Å². The molecule has 3 rings (SSSR count). The van der Waals surface area contributed by atoms with Crippen molar-refractivity contribution in [2.45, 2.75) is 25.3 Å². The number of likely N-dealkylation sites (N-methyl/N-ethyl adjacent to an activating group) is 1. The quantitative estimate of drug-likeness (QED) is 0.893. The van der Waals surface area contributed by atoms with Crippen LogP contribution in [0, 0.1) is 5.82 Å². The molecule has 0 aliphatic carbocycles. The second-order valence-corrected chi connectivity index (χ2v) is 6.98. The molecular weight excluding hydrogens is 333 g/mol. The summed E-state index contributed by atoms with van der Waals surface area (Å²) in [6.07, 6.45) is 5.74. The molecule has 0 bridgehead atoms. The highest BCUT2D eigenvalue weighted by Gasteiger charge is 2.27. The maximum Gasteiger partial charge on any atom is 0.321 e. The SMILES string of the molecule is CN(C)CCn1ccnc1C1CCCN(C(=O)Nc2ccccc2F)C1. The van der Waals surface area contributed by atoms with E-state index in [1.807, 2.05) is 26.5 Å². The molecule has 0 saturated carbocycles. The van der Waals surface area contributed by atoms with Gasteiger partial charge in [0.2, 0.25) is 0 Å². The standard InChI is InChI=1S/C19H26FN5O/c1-23(2)12-13-24-11-9-21-18(24)15-6-5-10-25(14-15)19(26)22-17-8-4-3-7-16(17)20/h3-4,7-9,11,15H,5-6,10,12-14H2,1-2H3,(H,22,26). The van der Waals surface area contributed by atoms with E-state index in [1.54, 1.807) is 23.1 Å². The van der Waals surface area contributed by atoms with Crippen molar-refractivity contribution in [3.63, 3.8) is 0 Å². The average Bonchev–Trinajstić information content (AvgIpc) is 3.10. The molecule has 1 aliphatic rings. The van der Waals surface area contributed by atoms with Crippen LogP contribution >= 0.6 is 0 Å². The Labute approximate surface area is 153 Å². The van der Waals surface area contributed by atoms with Crippen molar-refractivity contribution in [3.8, 4) is 0 Å². The predicted octanol–water partition coefficient (Wildman–Crippen LogP) is 3.00. The summed E-state index contributed by atoms with van der Waals surface area (Å²) in [7, 11) is 4.10. The molecule has 1 aliphatic heterocycles. The summed E-state index contributed by atoms with van der Waals surface area (Å²) in [5, 5.41) is 2.68. The monoisotopic (exact) mass is 359 g/mol. The van der Waals surface area contributed by atoms with Crippen LogP contribution in [-0.2, 0) is 6.54 Å². The van der Waals surface area contributed by atoms with Crippen LogP contribution in [0.15, 0.2) is 36.7 Å². The first-order chi connectivity index (χ1) is 12.5. The molecule has 1 aromatic carbocycles. The molecule has 2 amide bonds. The number of nitrogens with zero attached hydrogens (tertiary/aromatic N) is 4. The molecule has 1 N–H and O–H groups in total. The van der Waals surface area contributed by atoms with E-state index >= 15 is 0 Å². The number of para-hydroxylation sites is 1. The average molecular weight is 359 g/mol. The fourth-order valence-corrected chi connectivity index (χ4v) is 3.31. The van der Waals surface area contributed by atoms with Crippen LogP contribution in [0.5, 0.6) is 0 Å². The van der Waals surface area contributed by atoms with Crippen molar-refractivity contribution in [1.82, 2.24) is 19.4 Å². The van der Waals surface area contributed by atoms with Crippen molar-refractivity contribution >= 4 is 11.7 Å². The lowest BCUT2D eigenvalue weighted by atomic mass is 9.97. The van der Waals surface area contributed by atoms with Crippen LogP contribution in [-0.4, -0.2) is 59.1 Å². The normalized spacial score (nSPS) is 17.5. The van der Waals surface area contributed by atoms with Crippen LogP contribution in [0.3, 0.4) is 0 Å². The number of aromatic nitrogens is 2. The van der Waals surface area contributed by atoms with Gasteiger partial charge in [-0.25, -0.2) is 14.2 Å². The zero-order chi connectivity index (χ0) is 18.5. The van der Waals surface area contributed by atoms with Crippen LogP contribution in [0.2, 0.25) is 0 Å². The lowest BCUT2D eigenvalue weighted by Gasteiger charge is -2.32. The van der Waals surface area contributed by atoms with Crippen molar-refractivity contribution < 1.29 is 9.18 Å². The zero-order valence-electron chi connectivity index (χ0n) is 15.4. The largest absolute Gasteiger partial charge is 0.333 e. The summed E-state index contributed by atoms with van der Waals surface area (Å²) >= 11 is 0. The number of rotatable bonds is 5. The van der Waals surface area contributed by atoms with Gasteiger partial charge in [0, 0.05) is 44.5 Å². The van der Waals surface area contributed by atoms with Gasteiger partial charge >= 0.3 is 6.03 Å². The molecule has 140 valence electrons. The summed E-state index contributed by atoms with van der Waals surface area (Å²) in [6, 6.07) is 5.97.